The SMILES string of the molecule is O=C(c1c(F)ccc(NSc2cc(F)ccc2F)c1F)c1c[nH]c2ncnc(Cl)c12. The molecule has 0 bridgehead atoms. The first-order valence-electron chi connectivity index (χ1n) is 8.25. The molecule has 0 aliphatic carbocycles. The van der Waals surface area contributed by atoms with Crippen LogP contribution in [0.4, 0.5) is 23.2 Å². The molecule has 0 unspecified atom stereocenters. The molecule has 30 heavy (non-hydrogen) atoms. The van der Waals surface area contributed by atoms with Crippen molar-refractivity contribution in [2.75, 3.05) is 4.72 Å². The molecule has 2 N–H and O–H groups in total. The fourth-order valence-electron chi connectivity index (χ4n) is 2.74. The Bertz CT molecular complexity index is 1300. The minimum atomic E-state index is -1.20. The number of H-pyrrole nitrogens is 1. The number of carbonyl (C=O) groups is 1. The van der Waals surface area contributed by atoms with Crippen LogP contribution in [0, 0.1) is 23.3 Å². The van der Waals surface area contributed by atoms with Gasteiger partial charge in [0.05, 0.1) is 27.1 Å². The summed E-state index contributed by atoms with van der Waals surface area (Å²) in [5.74, 6) is -4.71. The summed E-state index contributed by atoms with van der Waals surface area (Å²) in [6.07, 6.45) is 2.40. The molecule has 0 radical (unpaired) electrons. The van der Waals surface area contributed by atoms with Gasteiger partial charge in [-0.1, -0.05) is 11.6 Å². The van der Waals surface area contributed by atoms with Crippen LogP contribution in [0.1, 0.15) is 15.9 Å². The number of anilines is 1. The summed E-state index contributed by atoms with van der Waals surface area (Å²) in [4.78, 5) is 23.1. The Balaban J connectivity index is 1.70. The van der Waals surface area contributed by atoms with E-state index < -0.39 is 34.6 Å². The molecule has 0 amide bonds. The number of nitrogens with one attached hydrogen (secondary N) is 2. The van der Waals surface area contributed by atoms with Gasteiger partial charge in [0.2, 0.25) is 5.78 Å². The number of halogens is 5. The fraction of sp³-hybridized carbons (Fsp3) is 0. The molecule has 11 heteroatoms. The highest BCUT2D eigenvalue weighted by Crippen LogP contribution is 2.31. The van der Waals surface area contributed by atoms with Crippen molar-refractivity contribution >= 4 is 46.1 Å². The highest BCUT2D eigenvalue weighted by Gasteiger charge is 2.25. The fourth-order valence-corrected chi connectivity index (χ4v) is 3.69. The summed E-state index contributed by atoms with van der Waals surface area (Å²) < 4.78 is 58.9. The molecular formula is C19H9ClF4N4OS. The standard InChI is InChI=1S/C19H9ClF4N4OS/c20-18-14-9(6-25-19(14)27-7-26-18)17(29)15-11(23)3-4-12(16(15)24)28-30-13-5-8(21)1-2-10(13)22/h1-7,28H,(H,25,26,27). The van der Waals surface area contributed by atoms with E-state index >= 15 is 0 Å². The molecular weight excluding hydrogens is 444 g/mol. The van der Waals surface area contributed by atoms with E-state index in [9.17, 15) is 22.4 Å². The lowest BCUT2D eigenvalue weighted by molar-refractivity contribution is 0.103. The molecule has 0 saturated carbocycles. The molecule has 2 aromatic carbocycles. The van der Waals surface area contributed by atoms with Gasteiger partial charge in [-0.3, -0.25) is 4.79 Å². The second-order valence-electron chi connectivity index (χ2n) is 5.98. The van der Waals surface area contributed by atoms with E-state index in [1.54, 1.807) is 0 Å². The first-order chi connectivity index (χ1) is 14.4. The highest BCUT2D eigenvalue weighted by molar-refractivity contribution is 8.00. The lowest BCUT2D eigenvalue weighted by atomic mass is 10.0. The number of hydrogen-bond donors (Lipinski definition) is 2. The highest BCUT2D eigenvalue weighted by atomic mass is 35.5. The second-order valence-corrected chi connectivity index (χ2v) is 7.19. The van der Waals surface area contributed by atoms with Crippen LogP contribution in [-0.2, 0) is 0 Å². The van der Waals surface area contributed by atoms with Gasteiger partial charge in [0.1, 0.15) is 34.6 Å². The number of carbonyl (C=O) groups excluding carboxylic acids is 1. The van der Waals surface area contributed by atoms with Crippen molar-refractivity contribution in [1.29, 1.82) is 0 Å². The summed E-state index contributed by atoms with van der Waals surface area (Å²) in [7, 11) is 0. The number of benzene rings is 2. The van der Waals surface area contributed by atoms with Crippen LogP contribution >= 0.6 is 23.5 Å². The van der Waals surface area contributed by atoms with Gasteiger partial charge in [-0.15, -0.1) is 0 Å². The Hall–Kier alpha value is -3.11. The quantitative estimate of drug-likeness (QED) is 0.181. The Morgan fingerprint density at radius 2 is 1.83 bits per heavy atom. The van der Waals surface area contributed by atoms with E-state index in [4.69, 9.17) is 11.6 Å². The lowest BCUT2D eigenvalue weighted by Gasteiger charge is -2.11. The van der Waals surface area contributed by atoms with E-state index in [-0.39, 0.29) is 32.3 Å². The topological polar surface area (TPSA) is 70.7 Å². The third-order valence-corrected chi connectivity index (χ3v) is 5.29. The van der Waals surface area contributed by atoms with Crippen molar-refractivity contribution in [1.82, 2.24) is 15.0 Å². The monoisotopic (exact) mass is 452 g/mol. The minimum absolute atomic E-state index is 0.0585. The van der Waals surface area contributed by atoms with Crippen LogP contribution in [-0.4, -0.2) is 20.7 Å². The molecule has 0 atom stereocenters. The van der Waals surface area contributed by atoms with Crippen molar-refractivity contribution in [3.8, 4) is 0 Å². The van der Waals surface area contributed by atoms with Gasteiger partial charge in [0, 0.05) is 6.20 Å². The van der Waals surface area contributed by atoms with Crippen molar-refractivity contribution < 1.29 is 22.4 Å². The number of hydrogen-bond acceptors (Lipinski definition) is 5. The Morgan fingerprint density at radius 3 is 2.63 bits per heavy atom. The second kappa shape index (κ2) is 7.96. The first kappa shape index (κ1) is 20.2. The van der Waals surface area contributed by atoms with E-state index in [0.29, 0.717) is 11.9 Å². The third-order valence-electron chi connectivity index (χ3n) is 4.15. The zero-order valence-corrected chi connectivity index (χ0v) is 16.2. The molecule has 0 fully saturated rings. The van der Waals surface area contributed by atoms with Gasteiger partial charge >= 0.3 is 0 Å². The van der Waals surface area contributed by atoms with Crippen molar-refractivity contribution in [2.45, 2.75) is 4.90 Å². The Kier molecular flexibility index (Phi) is 5.35. The number of fused-ring (bicyclic) bond motifs is 1. The Labute approximate surface area is 175 Å². The largest absolute Gasteiger partial charge is 0.345 e. The van der Waals surface area contributed by atoms with Crippen molar-refractivity contribution in [3.63, 3.8) is 0 Å². The van der Waals surface area contributed by atoms with Crippen molar-refractivity contribution in [3.05, 3.63) is 82.4 Å². The minimum Gasteiger partial charge on any atom is -0.345 e. The molecule has 0 spiro atoms. The molecule has 5 nitrogen and oxygen atoms in total. The summed E-state index contributed by atoms with van der Waals surface area (Å²) in [6, 6.07) is 4.68. The van der Waals surface area contributed by atoms with Gasteiger partial charge < -0.3 is 9.71 Å². The predicted octanol–water partition coefficient (Wildman–Crippen LogP) is 5.52. The van der Waals surface area contributed by atoms with Crippen LogP contribution in [0.3, 0.4) is 0 Å². The average Bonchev–Trinajstić information content (AvgIpc) is 3.15. The normalized spacial score (nSPS) is 11.1. The summed E-state index contributed by atoms with van der Waals surface area (Å²) in [5.41, 5.74) is -1.03. The van der Waals surface area contributed by atoms with Crippen LogP contribution in [0.5, 0.6) is 0 Å². The first-order valence-corrected chi connectivity index (χ1v) is 9.44. The molecule has 0 aliphatic rings. The van der Waals surface area contributed by atoms with E-state index in [1.807, 2.05) is 0 Å². The zero-order chi connectivity index (χ0) is 21.4. The Morgan fingerprint density at radius 1 is 1.07 bits per heavy atom. The summed E-state index contributed by atoms with van der Waals surface area (Å²) in [5, 5.41) is 0.0642. The molecule has 4 aromatic rings. The van der Waals surface area contributed by atoms with Crippen LogP contribution < -0.4 is 4.72 Å². The van der Waals surface area contributed by atoms with Crippen LogP contribution in [0.25, 0.3) is 11.0 Å². The zero-order valence-electron chi connectivity index (χ0n) is 14.6. The van der Waals surface area contributed by atoms with Crippen molar-refractivity contribution in [2.24, 2.45) is 0 Å². The third kappa shape index (κ3) is 3.59. The van der Waals surface area contributed by atoms with Crippen LogP contribution in [0.2, 0.25) is 5.15 Å². The molecule has 0 aliphatic heterocycles. The molecule has 4 rings (SSSR count). The average molecular weight is 453 g/mol. The van der Waals surface area contributed by atoms with Gasteiger partial charge in [-0.05, 0) is 42.3 Å². The molecule has 0 saturated heterocycles. The summed E-state index contributed by atoms with van der Waals surface area (Å²) >= 11 is 6.57. The molecule has 152 valence electrons. The summed E-state index contributed by atoms with van der Waals surface area (Å²) in [6.45, 7) is 0. The number of aromatic amines is 1. The number of nitrogens with zero attached hydrogens (tertiary/aromatic N) is 2. The predicted molar refractivity (Wildman–Crippen MR) is 105 cm³/mol. The maximum absolute atomic E-state index is 15.0. The number of rotatable bonds is 5. The maximum atomic E-state index is 15.0. The van der Waals surface area contributed by atoms with E-state index in [1.165, 1.54) is 12.5 Å². The van der Waals surface area contributed by atoms with Gasteiger partial charge in [0.25, 0.3) is 0 Å². The smallest absolute Gasteiger partial charge is 0.201 e. The van der Waals surface area contributed by atoms with Gasteiger partial charge in [-0.2, -0.15) is 0 Å². The number of aromatic nitrogens is 3. The maximum Gasteiger partial charge on any atom is 0.201 e. The van der Waals surface area contributed by atoms with Gasteiger partial charge in [0.15, 0.2) is 5.82 Å². The van der Waals surface area contributed by atoms with Crippen LogP contribution in [0.15, 0.2) is 47.8 Å². The van der Waals surface area contributed by atoms with E-state index in [0.717, 1.165) is 30.3 Å². The lowest BCUT2D eigenvalue weighted by Crippen LogP contribution is -2.09. The van der Waals surface area contributed by atoms with E-state index in [2.05, 4.69) is 19.7 Å². The molecule has 2 heterocycles. The van der Waals surface area contributed by atoms with Gasteiger partial charge in [-0.25, -0.2) is 27.5 Å². The number of ketones is 1. The molecule has 2 aromatic heterocycles.